The molecule has 18 heavy (non-hydrogen) atoms. The minimum Gasteiger partial charge on any atom is -0.347 e. The van der Waals surface area contributed by atoms with Crippen LogP contribution in [0, 0.1) is 0 Å². The van der Waals surface area contributed by atoms with E-state index in [9.17, 15) is 0 Å². The van der Waals surface area contributed by atoms with Crippen molar-refractivity contribution in [1.82, 2.24) is 14.1 Å². The third-order valence-electron chi connectivity index (χ3n) is 3.43. The normalized spacial score (nSPS) is 11.2. The van der Waals surface area contributed by atoms with E-state index in [0.717, 1.165) is 18.9 Å². The molecule has 3 heteroatoms. The van der Waals surface area contributed by atoms with Gasteiger partial charge in [0.1, 0.15) is 5.82 Å². The molecule has 3 aromatic rings. The van der Waals surface area contributed by atoms with Gasteiger partial charge in [0.05, 0.1) is 0 Å². The lowest BCUT2D eigenvalue weighted by Gasteiger charge is -2.02. The first-order valence-electron chi connectivity index (χ1n) is 6.44. The zero-order chi connectivity index (χ0) is 12.5. The lowest BCUT2D eigenvalue weighted by Crippen LogP contribution is -1.95. The molecule has 0 amide bonds. The summed E-state index contributed by atoms with van der Waals surface area (Å²) in [5.74, 6) is 1.06. The van der Waals surface area contributed by atoms with Crippen molar-refractivity contribution in [2.24, 2.45) is 0 Å². The number of para-hydroxylation sites is 1. The Morgan fingerprint density at radius 3 is 2.61 bits per heavy atom. The second kappa shape index (κ2) is 4.33. The van der Waals surface area contributed by atoms with Gasteiger partial charge in [-0.1, -0.05) is 18.2 Å². The molecule has 2 heterocycles. The van der Waals surface area contributed by atoms with Crippen LogP contribution in [0.4, 0.5) is 0 Å². The number of benzene rings is 1. The molecule has 3 rings (SSSR count). The van der Waals surface area contributed by atoms with E-state index in [2.05, 4.69) is 58.4 Å². The minimum absolute atomic E-state index is 0.945. The van der Waals surface area contributed by atoms with Crippen LogP contribution in [0.25, 0.3) is 22.3 Å². The first-order chi connectivity index (χ1) is 8.85. The van der Waals surface area contributed by atoms with Gasteiger partial charge in [-0.3, -0.25) is 0 Å². The highest BCUT2D eigenvalue weighted by Gasteiger charge is 2.12. The van der Waals surface area contributed by atoms with E-state index in [-0.39, 0.29) is 0 Å². The number of aryl methyl sites for hydroxylation is 2. The second-order valence-corrected chi connectivity index (χ2v) is 4.38. The van der Waals surface area contributed by atoms with Crippen molar-refractivity contribution in [2.45, 2.75) is 26.9 Å². The van der Waals surface area contributed by atoms with Crippen LogP contribution in [0.15, 0.2) is 42.9 Å². The number of rotatable bonds is 3. The number of hydrogen-bond donors (Lipinski definition) is 0. The van der Waals surface area contributed by atoms with E-state index >= 15 is 0 Å². The Morgan fingerprint density at radius 1 is 1.06 bits per heavy atom. The predicted octanol–water partition coefficient (Wildman–Crippen LogP) is 3.54. The van der Waals surface area contributed by atoms with Gasteiger partial charge in [0.15, 0.2) is 0 Å². The van der Waals surface area contributed by atoms with E-state index in [1.807, 2.05) is 12.4 Å². The van der Waals surface area contributed by atoms with E-state index in [0.29, 0.717) is 0 Å². The summed E-state index contributed by atoms with van der Waals surface area (Å²) in [6.45, 7) is 6.24. The Bertz CT molecular complexity index is 676. The zero-order valence-electron chi connectivity index (χ0n) is 10.8. The molecule has 0 aliphatic heterocycles. The van der Waals surface area contributed by atoms with Gasteiger partial charge < -0.3 is 9.13 Å². The molecular weight excluding hydrogens is 222 g/mol. The van der Waals surface area contributed by atoms with Crippen LogP contribution in [-0.2, 0) is 13.1 Å². The average molecular weight is 239 g/mol. The molecule has 0 aliphatic rings. The first-order valence-corrected chi connectivity index (χ1v) is 6.44. The van der Waals surface area contributed by atoms with Crippen LogP contribution in [-0.4, -0.2) is 14.1 Å². The molecule has 0 aliphatic carbocycles. The SMILES string of the molecule is CCn1ccnc1-c1cn(CC)c2ccccc12. The Kier molecular flexibility index (Phi) is 2.67. The molecule has 92 valence electrons. The Balaban J connectivity index is 2.29. The molecule has 0 fully saturated rings. The van der Waals surface area contributed by atoms with E-state index in [1.54, 1.807) is 0 Å². The number of nitrogens with zero attached hydrogens (tertiary/aromatic N) is 3. The predicted molar refractivity (Wildman–Crippen MR) is 74.5 cm³/mol. The summed E-state index contributed by atoms with van der Waals surface area (Å²) >= 11 is 0. The van der Waals surface area contributed by atoms with Gasteiger partial charge >= 0.3 is 0 Å². The largest absolute Gasteiger partial charge is 0.347 e. The lowest BCUT2D eigenvalue weighted by molar-refractivity contribution is 0.767. The van der Waals surface area contributed by atoms with Gasteiger partial charge in [-0.15, -0.1) is 0 Å². The van der Waals surface area contributed by atoms with Crippen molar-refractivity contribution in [2.75, 3.05) is 0 Å². The topological polar surface area (TPSA) is 22.8 Å². The standard InChI is InChI=1S/C15H17N3/c1-3-17-10-9-16-15(17)13-11-18(4-2)14-8-6-5-7-12(13)14/h5-11H,3-4H2,1-2H3. The number of hydrogen-bond acceptors (Lipinski definition) is 1. The van der Waals surface area contributed by atoms with Crippen molar-refractivity contribution in [3.8, 4) is 11.4 Å². The molecule has 1 aromatic carbocycles. The second-order valence-electron chi connectivity index (χ2n) is 4.38. The number of aromatic nitrogens is 3. The highest BCUT2D eigenvalue weighted by atomic mass is 15.1. The van der Waals surface area contributed by atoms with Crippen LogP contribution < -0.4 is 0 Å². The zero-order valence-corrected chi connectivity index (χ0v) is 10.8. The molecule has 0 spiro atoms. The van der Waals surface area contributed by atoms with Crippen molar-refractivity contribution >= 4 is 10.9 Å². The average Bonchev–Trinajstić information content (AvgIpc) is 3.02. The summed E-state index contributed by atoms with van der Waals surface area (Å²) in [4.78, 5) is 4.50. The maximum atomic E-state index is 4.50. The van der Waals surface area contributed by atoms with Crippen molar-refractivity contribution in [3.05, 3.63) is 42.9 Å². The van der Waals surface area contributed by atoms with Crippen LogP contribution in [0.1, 0.15) is 13.8 Å². The van der Waals surface area contributed by atoms with Crippen molar-refractivity contribution < 1.29 is 0 Å². The van der Waals surface area contributed by atoms with Crippen LogP contribution >= 0.6 is 0 Å². The summed E-state index contributed by atoms with van der Waals surface area (Å²) in [5.41, 5.74) is 2.50. The highest BCUT2D eigenvalue weighted by Crippen LogP contribution is 2.29. The van der Waals surface area contributed by atoms with Crippen LogP contribution in [0.2, 0.25) is 0 Å². The molecule has 0 saturated carbocycles. The number of fused-ring (bicyclic) bond motifs is 1. The third kappa shape index (κ3) is 1.55. The third-order valence-corrected chi connectivity index (χ3v) is 3.43. The monoisotopic (exact) mass is 239 g/mol. The molecule has 0 N–H and O–H groups in total. The lowest BCUT2D eigenvalue weighted by atomic mass is 10.1. The van der Waals surface area contributed by atoms with E-state index in [1.165, 1.54) is 16.5 Å². The maximum Gasteiger partial charge on any atom is 0.142 e. The molecule has 0 radical (unpaired) electrons. The molecular formula is C15H17N3. The highest BCUT2D eigenvalue weighted by molar-refractivity contribution is 5.94. The Labute approximate surface area is 107 Å². The fraction of sp³-hybridized carbons (Fsp3) is 0.267. The molecule has 0 saturated heterocycles. The van der Waals surface area contributed by atoms with E-state index in [4.69, 9.17) is 0 Å². The quantitative estimate of drug-likeness (QED) is 0.685. The van der Waals surface area contributed by atoms with Gasteiger partial charge in [0.2, 0.25) is 0 Å². The first kappa shape index (κ1) is 11.1. The molecule has 2 aromatic heterocycles. The van der Waals surface area contributed by atoms with Crippen LogP contribution in [0.5, 0.6) is 0 Å². The summed E-state index contributed by atoms with van der Waals surface area (Å²) in [5, 5.41) is 1.28. The molecule has 3 nitrogen and oxygen atoms in total. The molecule has 0 bridgehead atoms. The molecule has 0 atom stereocenters. The summed E-state index contributed by atoms with van der Waals surface area (Å²) in [7, 11) is 0. The number of imidazole rings is 1. The van der Waals surface area contributed by atoms with Gasteiger partial charge in [0, 0.05) is 48.1 Å². The summed E-state index contributed by atoms with van der Waals surface area (Å²) in [6.07, 6.45) is 6.11. The van der Waals surface area contributed by atoms with Gasteiger partial charge in [-0.2, -0.15) is 0 Å². The molecule has 0 unspecified atom stereocenters. The van der Waals surface area contributed by atoms with Gasteiger partial charge in [0.25, 0.3) is 0 Å². The van der Waals surface area contributed by atoms with Crippen LogP contribution in [0.3, 0.4) is 0 Å². The summed E-state index contributed by atoms with van der Waals surface area (Å²) in [6, 6.07) is 8.52. The van der Waals surface area contributed by atoms with Crippen molar-refractivity contribution in [1.29, 1.82) is 0 Å². The van der Waals surface area contributed by atoms with Gasteiger partial charge in [-0.05, 0) is 19.9 Å². The van der Waals surface area contributed by atoms with Crippen molar-refractivity contribution in [3.63, 3.8) is 0 Å². The summed E-state index contributed by atoms with van der Waals surface area (Å²) < 4.78 is 4.46. The fourth-order valence-electron chi connectivity index (χ4n) is 2.50. The smallest absolute Gasteiger partial charge is 0.142 e. The minimum atomic E-state index is 0.945. The Hall–Kier alpha value is -2.03. The maximum absolute atomic E-state index is 4.50. The van der Waals surface area contributed by atoms with E-state index < -0.39 is 0 Å². The Morgan fingerprint density at radius 2 is 1.83 bits per heavy atom. The van der Waals surface area contributed by atoms with Gasteiger partial charge in [-0.25, -0.2) is 4.98 Å². The fourth-order valence-corrected chi connectivity index (χ4v) is 2.50.